The van der Waals surface area contributed by atoms with Gasteiger partial charge in [-0.25, -0.2) is 0 Å². The minimum Gasteiger partial charge on any atom is -0.348 e. The minimum atomic E-state index is -1.92. The molecule has 1 aliphatic rings. The number of carbonyl (C=O) groups is 3. The van der Waals surface area contributed by atoms with Crippen LogP contribution in [0.2, 0.25) is 10.0 Å². The van der Waals surface area contributed by atoms with Crippen LogP contribution in [-0.4, -0.2) is 42.3 Å². The molecular weight excluding hydrogens is 539 g/mol. The average molecular weight is 569 g/mol. The summed E-state index contributed by atoms with van der Waals surface area (Å²) in [5.74, 6) is -1.85. The molecule has 0 saturated heterocycles. The SMILES string of the molecule is CC(=O)NC1(Nc2ccccc2)C(=O)N(c2ccc(Cl)cc2Cl)N=C1NC(=O)c1ccccc1.CCNCC. The van der Waals surface area contributed by atoms with Crippen LogP contribution < -0.4 is 26.3 Å². The maximum absolute atomic E-state index is 13.8. The molecule has 11 heteroatoms. The molecule has 3 aromatic carbocycles. The molecule has 1 unspecified atom stereocenters. The molecule has 0 saturated carbocycles. The fourth-order valence-electron chi connectivity index (χ4n) is 3.69. The van der Waals surface area contributed by atoms with Crippen molar-refractivity contribution in [1.29, 1.82) is 0 Å². The molecule has 4 rings (SSSR count). The van der Waals surface area contributed by atoms with Crippen molar-refractivity contribution in [2.45, 2.75) is 26.4 Å². The quantitative estimate of drug-likeness (QED) is 0.310. The van der Waals surface area contributed by atoms with Crippen molar-refractivity contribution in [3.63, 3.8) is 0 Å². The summed E-state index contributed by atoms with van der Waals surface area (Å²) in [5, 5.41) is 17.4. The minimum absolute atomic E-state index is 0.128. The Labute approximate surface area is 237 Å². The first-order valence-electron chi connectivity index (χ1n) is 12.3. The highest BCUT2D eigenvalue weighted by Gasteiger charge is 2.54. The van der Waals surface area contributed by atoms with E-state index in [2.05, 4.69) is 40.2 Å². The molecule has 0 aromatic heterocycles. The molecule has 39 heavy (non-hydrogen) atoms. The largest absolute Gasteiger partial charge is 0.348 e. The van der Waals surface area contributed by atoms with Crippen LogP contribution in [0.3, 0.4) is 0 Å². The highest BCUT2D eigenvalue weighted by Crippen LogP contribution is 2.34. The average Bonchev–Trinajstić information content (AvgIpc) is 3.16. The van der Waals surface area contributed by atoms with E-state index in [1.54, 1.807) is 66.7 Å². The van der Waals surface area contributed by atoms with Crippen LogP contribution in [0.25, 0.3) is 0 Å². The van der Waals surface area contributed by atoms with Crippen LogP contribution in [-0.2, 0) is 9.59 Å². The van der Waals surface area contributed by atoms with Gasteiger partial charge < -0.3 is 21.3 Å². The van der Waals surface area contributed by atoms with Crippen molar-refractivity contribution in [2.24, 2.45) is 5.10 Å². The van der Waals surface area contributed by atoms with Crippen molar-refractivity contribution in [3.05, 3.63) is 94.5 Å². The number of rotatable bonds is 7. The molecule has 0 bridgehead atoms. The third kappa shape index (κ3) is 7.35. The van der Waals surface area contributed by atoms with E-state index in [1.807, 2.05) is 0 Å². The number of hydrogen-bond acceptors (Lipinski definition) is 6. The molecule has 204 valence electrons. The Kier molecular flexibility index (Phi) is 10.4. The van der Waals surface area contributed by atoms with E-state index in [9.17, 15) is 14.4 Å². The first kappa shape index (κ1) is 29.6. The monoisotopic (exact) mass is 568 g/mol. The van der Waals surface area contributed by atoms with Crippen LogP contribution in [0.1, 0.15) is 31.1 Å². The van der Waals surface area contributed by atoms with Crippen molar-refractivity contribution in [2.75, 3.05) is 23.4 Å². The number of hydrazone groups is 1. The second-order valence-corrected chi connectivity index (χ2v) is 9.20. The Balaban J connectivity index is 0.000000771. The molecular formula is C28H30Cl2N6O3. The van der Waals surface area contributed by atoms with Gasteiger partial charge in [0.05, 0.1) is 10.7 Å². The molecule has 0 aliphatic carbocycles. The van der Waals surface area contributed by atoms with Gasteiger partial charge in [0.25, 0.3) is 11.6 Å². The van der Waals surface area contributed by atoms with Crippen LogP contribution in [0.4, 0.5) is 11.4 Å². The maximum atomic E-state index is 13.8. The van der Waals surface area contributed by atoms with E-state index < -0.39 is 23.4 Å². The number of carbonyl (C=O) groups excluding carboxylic acids is 3. The topological polar surface area (TPSA) is 115 Å². The summed E-state index contributed by atoms with van der Waals surface area (Å²) >= 11 is 12.3. The Bertz CT molecular complexity index is 1340. The summed E-state index contributed by atoms with van der Waals surface area (Å²) < 4.78 is 0. The van der Waals surface area contributed by atoms with Gasteiger partial charge in [-0.05, 0) is 55.6 Å². The standard InChI is InChI=1S/C24H19Cl2N5O3.C4H11N/c1-15(32)28-24(29-18-10-6-3-7-11-18)22(27-21(33)16-8-4-2-5-9-16)30-31(23(24)34)20-13-12-17(25)14-19(20)26;1-3-5-4-2/h2-14,29H,1H3,(H,28,32)(H,27,30,33);5H,3-4H2,1-2H3. The normalized spacial score (nSPS) is 16.1. The fourth-order valence-corrected chi connectivity index (χ4v) is 4.18. The summed E-state index contributed by atoms with van der Waals surface area (Å²) in [7, 11) is 0. The van der Waals surface area contributed by atoms with Crippen molar-refractivity contribution >= 4 is 58.1 Å². The molecule has 4 N–H and O–H groups in total. The number of amidine groups is 1. The summed E-state index contributed by atoms with van der Waals surface area (Å²) in [6.45, 7) is 7.65. The Morgan fingerprint density at radius 3 is 2.08 bits per heavy atom. The lowest BCUT2D eigenvalue weighted by Gasteiger charge is -2.31. The molecule has 1 aliphatic heterocycles. The summed E-state index contributed by atoms with van der Waals surface area (Å²) in [4.78, 5) is 39.1. The highest BCUT2D eigenvalue weighted by molar-refractivity contribution is 6.38. The lowest BCUT2D eigenvalue weighted by Crippen LogP contribution is -2.67. The predicted molar refractivity (Wildman–Crippen MR) is 156 cm³/mol. The smallest absolute Gasteiger partial charge is 0.302 e. The molecule has 0 radical (unpaired) electrons. The second-order valence-electron chi connectivity index (χ2n) is 8.36. The number of benzene rings is 3. The van der Waals surface area contributed by atoms with E-state index in [4.69, 9.17) is 23.2 Å². The third-order valence-electron chi connectivity index (χ3n) is 5.44. The lowest BCUT2D eigenvalue weighted by molar-refractivity contribution is -0.127. The summed E-state index contributed by atoms with van der Waals surface area (Å²) in [6, 6.07) is 21.7. The molecule has 3 aromatic rings. The Morgan fingerprint density at radius 1 is 0.923 bits per heavy atom. The van der Waals surface area contributed by atoms with Gasteiger partial charge in [0.15, 0.2) is 5.84 Å². The first-order chi connectivity index (χ1) is 18.7. The van der Waals surface area contributed by atoms with E-state index in [-0.39, 0.29) is 16.5 Å². The zero-order valence-corrected chi connectivity index (χ0v) is 23.3. The fraction of sp³-hybridized carbons (Fsp3) is 0.214. The molecule has 0 spiro atoms. The highest BCUT2D eigenvalue weighted by atomic mass is 35.5. The molecule has 1 heterocycles. The lowest BCUT2D eigenvalue weighted by atomic mass is 10.1. The first-order valence-corrected chi connectivity index (χ1v) is 13.0. The Hall–Kier alpha value is -3.92. The van der Waals surface area contributed by atoms with Gasteiger partial charge in [-0.15, -0.1) is 5.10 Å². The van der Waals surface area contributed by atoms with Gasteiger partial charge >= 0.3 is 5.91 Å². The predicted octanol–water partition coefficient (Wildman–Crippen LogP) is 4.64. The van der Waals surface area contributed by atoms with Gasteiger partial charge in [-0.1, -0.05) is 73.4 Å². The van der Waals surface area contributed by atoms with Crippen molar-refractivity contribution < 1.29 is 14.4 Å². The second kappa shape index (κ2) is 13.7. The van der Waals surface area contributed by atoms with Gasteiger partial charge in [-0.3, -0.25) is 14.4 Å². The van der Waals surface area contributed by atoms with Crippen LogP contribution in [0, 0.1) is 0 Å². The van der Waals surface area contributed by atoms with Gasteiger partial charge in [0.1, 0.15) is 0 Å². The number of para-hydroxylation sites is 1. The van der Waals surface area contributed by atoms with E-state index in [1.165, 1.54) is 19.1 Å². The Morgan fingerprint density at radius 2 is 1.54 bits per heavy atom. The number of hydrogen-bond donors (Lipinski definition) is 4. The number of halogens is 2. The number of amides is 3. The number of nitrogens with zero attached hydrogens (tertiary/aromatic N) is 2. The van der Waals surface area contributed by atoms with Gasteiger partial charge in [0, 0.05) is 23.2 Å². The van der Waals surface area contributed by atoms with Crippen LogP contribution in [0.15, 0.2) is 84.0 Å². The van der Waals surface area contributed by atoms with E-state index in [0.29, 0.717) is 16.3 Å². The zero-order chi connectivity index (χ0) is 28.4. The van der Waals surface area contributed by atoms with Gasteiger partial charge in [-0.2, -0.15) is 5.01 Å². The number of nitrogens with one attached hydrogen (secondary N) is 4. The molecule has 0 fully saturated rings. The van der Waals surface area contributed by atoms with E-state index in [0.717, 1.165) is 18.1 Å². The molecule has 3 amide bonds. The van der Waals surface area contributed by atoms with Crippen LogP contribution in [0.5, 0.6) is 0 Å². The third-order valence-corrected chi connectivity index (χ3v) is 5.98. The van der Waals surface area contributed by atoms with Gasteiger partial charge in [0.2, 0.25) is 5.91 Å². The van der Waals surface area contributed by atoms with Crippen molar-refractivity contribution in [1.82, 2.24) is 16.0 Å². The molecule has 1 atom stereocenters. The molecule has 9 nitrogen and oxygen atoms in total. The summed E-state index contributed by atoms with van der Waals surface area (Å²) in [5.41, 5.74) is -0.836. The van der Waals surface area contributed by atoms with Crippen LogP contribution >= 0.6 is 23.2 Å². The zero-order valence-electron chi connectivity index (χ0n) is 21.8. The maximum Gasteiger partial charge on any atom is 0.302 e. The van der Waals surface area contributed by atoms with Crippen molar-refractivity contribution in [3.8, 4) is 0 Å². The van der Waals surface area contributed by atoms with E-state index >= 15 is 0 Å². The number of anilines is 2. The summed E-state index contributed by atoms with van der Waals surface area (Å²) in [6.07, 6.45) is 0.